The van der Waals surface area contributed by atoms with Gasteiger partial charge in [-0.05, 0) is 36.2 Å². The number of sulfonamides is 1. The average Bonchev–Trinajstić information content (AvgIpc) is 2.94. The molecule has 4 rings (SSSR count). The molecule has 0 radical (unpaired) electrons. The zero-order chi connectivity index (χ0) is 22.0. The van der Waals surface area contributed by atoms with Crippen molar-refractivity contribution in [2.24, 2.45) is 0 Å². The second kappa shape index (κ2) is 8.35. The molecule has 0 fully saturated rings. The predicted octanol–water partition coefficient (Wildman–Crippen LogP) is 4.34. The fourth-order valence-corrected chi connectivity index (χ4v) is 5.49. The van der Waals surface area contributed by atoms with Gasteiger partial charge in [0.25, 0.3) is 10.0 Å². The Kier molecular flexibility index (Phi) is 5.60. The molecule has 3 aromatic carbocycles. The smallest absolute Gasteiger partial charge is 0.325 e. The van der Waals surface area contributed by atoms with Gasteiger partial charge in [-0.3, -0.25) is 14.4 Å². The fraction of sp³-hybridized carbons (Fsp3) is 0.182. The Morgan fingerprint density at radius 2 is 1.58 bits per heavy atom. The van der Waals surface area contributed by atoms with E-state index in [4.69, 9.17) is 0 Å². The molecular formula is C22H20FN3O4S. The summed E-state index contributed by atoms with van der Waals surface area (Å²) in [6.07, 6.45) is 0.504. The molecule has 1 heterocycles. The number of nitro groups is 1. The van der Waals surface area contributed by atoms with Crippen molar-refractivity contribution in [3.05, 3.63) is 94.3 Å². The third-order valence-corrected chi connectivity index (χ3v) is 7.04. The average molecular weight is 441 g/mol. The normalized spacial score (nSPS) is 14.1. The number of nitrogens with zero attached hydrogens (tertiary/aromatic N) is 3. The van der Waals surface area contributed by atoms with E-state index >= 15 is 0 Å². The van der Waals surface area contributed by atoms with Crippen LogP contribution in [0.1, 0.15) is 12.0 Å². The van der Waals surface area contributed by atoms with Crippen molar-refractivity contribution in [2.45, 2.75) is 17.9 Å². The van der Waals surface area contributed by atoms with Crippen molar-refractivity contribution in [1.29, 1.82) is 0 Å². The maximum atomic E-state index is 14.1. The van der Waals surface area contributed by atoms with E-state index in [1.54, 1.807) is 12.1 Å². The molecule has 9 heteroatoms. The molecule has 0 saturated carbocycles. The molecule has 0 spiro atoms. The van der Waals surface area contributed by atoms with Crippen LogP contribution in [0.15, 0.2) is 77.7 Å². The number of halogens is 1. The zero-order valence-corrected chi connectivity index (χ0v) is 17.3. The third-order valence-electron chi connectivity index (χ3n) is 5.20. The van der Waals surface area contributed by atoms with E-state index in [-0.39, 0.29) is 6.54 Å². The lowest BCUT2D eigenvalue weighted by Crippen LogP contribution is -2.32. The second-order valence-corrected chi connectivity index (χ2v) is 9.00. The monoisotopic (exact) mass is 441 g/mol. The van der Waals surface area contributed by atoms with E-state index in [0.29, 0.717) is 30.9 Å². The first-order valence-electron chi connectivity index (χ1n) is 9.73. The van der Waals surface area contributed by atoms with Gasteiger partial charge in [0.15, 0.2) is 4.90 Å². The Morgan fingerprint density at radius 1 is 0.903 bits per heavy atom. The van der Waals surface area contributed by atoms with Crippen LogP contribution in [0.4, 0.5) is 21.5 Å². The highest BCUT2D eigenvalue weighted by Crippen LogP contribution is 2.38. The molecule has 1 aliphatic heterocycles. The van der Waals surface area contributed by atoms with Crippen molar-refractivity contribution in [2.75, 3.05) is 22.3 Å². The van der Waals surface area contributed by atoms with Crippen LogP contribution in [0.25, 0.3) is 0 Å². The molecule has 160 valence electrons. The Hall–Kier alpha value is -3.46. The number of benzene rings is 3. The number of rotatable bonds is 5. The molecule has 7 nitrogen and oxygen atoms in total. The number of anilines is 2. The lowest BCUT2D eigenvalue weighted by atomic mass is 10.2. The van der Waals surface area contributed by atoms with Gasteiger partial charge in [0.05, 0.1) is 16.3 Å². The quantitative estimate of drug-likeness (QED) is 0.434. The molecular weight excluding hydrogens is 421 g/mol. The van der Waals surface area contributed by atoms with Crippen LogP contribution in [0, 0.1) is 15.9 Å². The van der Waals surface area contributed by atoms with Gasteiger partial charge in [-0.25, -0.2) is 8.42 Å². The minimum absolute atomic E-state index is 0.123. The van der Waals surface area contributed by atoms with Gasteiger partial charge in [0.2, 0.25) is 5.82 Å². The van der Waals surface area contributed by atoms with E-state index in [0.717, 1.165) is 22.0 Å². The van der Waals surface area contributed by atoms with Crippen LogP contribution < -0.4 is 9.21 Å². The standard InChI is InChI=1S/C22H20FN3O4S/c23-18-10-6-13-21(22(18)26(27)28)31(29,30)25-15-7-14-24(16-17-8-2-1-3-9-17)19-11-4-5-12-20(19)25/h1-6,8-13H,7,14-16H2. The first-order chi connectivity index (χ1) is 14.9. The van der Waals surface area contributed by atoms with Gasteiger partial charge in [0.1, 0.15) is 0 Å². The van der Waals surface area contributed by atoms with Crippen LogP contribution >= 0.6 is 0 Å². The summed E-state index contributed by atoms with van der Waals surface area (Å²) in [7, 11) is -4.37. The molecule has 0 N–H and O–H groups in total. The molecule has 0 saturated heterocycles. The Bertz CT molecular complexity index is 1220. The minimum atomic E-state index is -4.37. The topological polar surface area (TPSA) is 83.8 Å². The molecule has 0 amide bonds. The molecule has 0 unspecified atom stereocenters. The van der Waals surface area contributed by atoms with Crippen LogP contribution in [0.2, 0.25) is 0 Å². The first-order valence-corrected chi connectivity index (χ1v) is 11.2. The highest BCUT2D eigenvalue weighted by atomic mass is 32.2. The van der Waals surface area contributed by atoms with Gasteiger partial charge >= 0.3 is 5.69 Å². The maximum absolute atomic E-state index is 14.1. The number of hydrogen-bond donors (Lipinski definition) is 0. The Balaban J connectivity index is 1.80. The molecule has 31 heavy (non-hydrogen) atoms. The molecule has 0 atom stereocenters. The van der Waals surface area contributed by atoms with Gasteiger partial charge < -0.3 is 4.90 Å². The van der Waals surface area contributed by atoms with Crippen LogP contribution in [-0.2, 0) is 16.6 Å². The molecule has 3 aromatic rings. The van der Waals surface area contributed by atoms with Gasteiger partial charge in [-0.2, -0.15) is 4.39 Å². The largest absolute Gasteiger partial charge is 0.365 e. The summed E-state index contributed by atoms with van der Waals surface area (Å²) in [6, 6.07) is 20.0. The summed E-state index contributed by atoms with van der Waals surface area (Å²) >= 11 is 0. The summed E-state index contributed by atoms with van der Waals surface area (Å²) in [5.41, 5.74) is 1.15. The highest BCUT2D eigenvalue weighted by molar-refractivity contribution is 7.93. The summed E-state index contributed by atoms with van der Waals surface area (Å²) in [6.45, 7) is 1.31. The minimum Gasteiger partial charge on any atom is -0.365 e. The van der Waals surface area contributed by atoms with Crippen molar-refractivity contribution < 1.29 is 17.7 Å². The number of para-hydroxylation sites is 3. The van der Waals surface area contributed by atoms with Gasteiger partial charge in [-0.15, -0.1) is 0 Å². The van der Waals surface area contributed by atoms with E-state index in [1.165, 1.54) is 6.07 Å². The second-order valence-electron chi connectivity index (χ2n) is 7.17. The lowest BCUT2D eigenvalue weighted by molar-refractivity contribution is -0.390. The summed E-state index contributed by atoms with van der Waals surface area (Å²) in [5.74, 6) is -1.18. The lowest BCUT2D eigenvalue weighted by Gasteiger charge is -2.27. The summed E-state index contributed by atoms with van der Waals surface area (Å²) in [5, 5.41) is 11.4. The number of fused-ring (bicyclic) bond motifs is 1. The van der Waals surface area contributed by atoms with Crippen molar-refractivity contribution in [3.8, 4) is 0 Å². The highest BCUT2D eigenvalue weighted by Gasteiger charge is 2.36. The van der Waals surface area contributed by atoms with Crippen molar-refractivity contribution in [3.63, 3.8) is 0 Å². The maximum Gasteiger partial charge on any atom is 0.325 e. The molecule has 0 aliphatic carbocycles. The van der Waals surface area contributed by atoms with Crippen LogP contribution in [0.3, 0.4) is 0 Å². The SMILES string of the molecule is O=[N+]([O-])c1c(F)cccc1S(=O)(=O)N1CCCN(Cc2ccccc2)c2ccccc21. The summed E-state index contributed by atoms with van der Waals surface area (Å²) < 4.78 is 42.3. The van der Waals surface area contributed by atoms with E-state index in [1.807, 2.05) is 42.5 Å². The van der Waals surface area contributed by atoms with E-state index in [9.17, 15) is 22.9 Å². The Morgan fingerprint density at radius 3 is 2.29 bits per heavy atom. The molecule has 1 aliphatic rings. The zero-order valence-electron chi connectivity index (χ0n) is 16.5. The number of hydrogen-bond acceptors (Lipinski definition) is 5. The summed E-state index contributed by atoms with van der Waals surface area (Å²) in [4.78, 5) is 11.9. The van der Waals surface area contributed by atoms with Gasteiger partial charge in [-0.1, -0.05) is 48.5 Å². The first kappa shape index (κ1) is 20.8. The van der Waals surface area contributed by atoms with Crippen LogP contribution in [-0.4, -0.2) is 26.4 Å². The van der Waals surface area contributed by atoms with E-state index in [2.05, 4.69) is 4.90 Å². The number of nitro benzene ring substituents is 1. The van der Waals surface area contributed by atoms with Crippen LogP contribution in [0.5, 0.6) is 0 Å². The Labute approximate surface area is 179 Å². The molecule has 0 aromatic heterocycles. The van der Waals surface area contributed by atoms with Crippen molar-refractivity contribution in [1.82, 2.24) is 0 Å². The predicted molar refractivity (Wildman–Crippen MR) is 116 cm³/mol. The van der Waals surface area contributed by atoms with E-state index < -0.39 is 31.3 Å². The van der Waals surface area contributed by atoms with Crippen molar-refractivity contribution >= 4 is 27.1 Å². The molecule has 0 bridgehead atoms. The van der Waals surface area contributed by atoms with Gasteiger partial charge in [0, 0.05) is 19.6 Å². The third kappa shape index (κ3) is 3.96. The fourth-order valence-electron chi connectivity index (χ4n) is 3.81.